The number of hydrogen-bond donors (Lipinski definition) is 2. The van der Waals surface area contributed by atoms with Gasteiger partial charge in [-0.1, -0.05) is 39.0 Å². The molecule has 1 unspecified atom stereocenters. The summed E-state index contributed by atoms with van der Waals surface area (Å²) in [7, 11) is 0. The molecule has 5 heteroatoms. The van der Waals surface area contributed by atoms with Gasteiger partial charge < -0.3 is 15.2 Å². The van der Waals surface area contributed by atoms with Crippen LogP contribution >= 0.6 is 0 Å². The normalized spacial score (nSPS) is 13.5. The van der Waals surface area contributed by atoms with Crippen LogP contribution in [-0.2, 0) is 9.59 Å². The number of benzene rings is 1. The van der Waals surface area contributed by atoms with Crippen molar-refractivity contribution in [2.24, 2.45) is 11.8 Å². The van der Waals surface area contributed by atoms with E-state index in [2.05, 4.69) is 5.32 Å². The number of hydrogen-bond acceptors (Lipinski definition) is 3. The van der Waals surface area contributed by atoms with Gasteiger partial charge in [-0.2, -0.15) is 0 Å². The van der Waals surface area contributed by atoms with Crippen molar-refractivity contribution in [2.75, 3.05) is 6.61 Å². The second-order valence-electron chi connectivity index (χ2n) is 5.88. The second-order valence-corrected chi connectivity index (χ2v) is 5.88. The van der Waals surface area contributed by atoms with Crippen molar-refractivity contribution >= 4 is 11.9 Å². The van der Waals surface area contributed by atoms with E-state index in [1.807, 2.05) is 44.2 Å². The van der Waals surface area contributed by atoms with Crippen molar-refractivity contribution in [2.45, 2.75) is 39.7 Å². The van der Waals surface area contributed by atoms with Gasteiger partial charge >= 0.3 is 5.97 Å². The Kier molecular flexibility index (Phi) is 7.43. The quantitative estimate of drug-likeness (QED) is 0.735. The van der Waals surface area contributed by atoms with Crippen LogP contribution in [0.2, 0.25) is 0 Å². The summed E-state index contributed by atoms with van der Waals surface area (Å²) < 4.78 is 5.55. The molecule has 1 aromatic rings. The van der Waals surface area contributed by atoms with E-state index in [0.717, 1.165) is 5.75 Å². The molecule has 1 rings (SSSR count). The molecule has 0 spiro atoms. The lowest BCUT2D eigenvalue weighted by Gasteiger charge is -2.19. The molecule has 122 valence electrons. The molecule has 0 radical (unpaired) electrons. The summed E-state index contributed by atoms with van der Waals surface area (Å²) in [4.78, 5) is 23.2. The van der Waals surface area contributed by atoms with Crippen LogP contribution in [0.5, 0.6) is 5.75 Å². The number of carbonyl (C=O) groups excluding carboxylic acids is 1. The van der Waals surface area contributed by atoms with Gasteiger partial charge in [0.25, 0.3) is 0 Å². The molecule has 2 N–H and O–H groups in total. The van der Waals surface area contributed by atoms with E-state index >= 15 is 0 Å². The molecule has 1 amide bonds. The Balaban J connectivity index is 2.38. The van der Waals surface area contributed by atoms with Crippen LogP contribution in [0.25, 0.3) is 0 Å². The molecule has 0 aliphatic heterocycles. The molecular weight excluding hydrogens is 282 g/mol. The zero-order chi connectivity index (χ0) is 16.5. The van der Waals surface area contributed by atoms with Gasteiger partial charge in [-0.15, -0.1) is 0 Å². The van der Waals surface area contributed by atoms with E-state index in [-0.39, 0.29) is 17.7 Å². The van der Waals surface area contributed by atoms with Gasteiger partial charge in [0, 0.05) is 5.92 Å². The molecule has 0 aliphatic rings. The zero-order valence-corrected chi connectivity index (χ0v) is 13.4. The Bertz CT molecular complexity index is 473. The molecule has 0 saturated carbocycles. The molecule has 0 fully saturated rings. The molecule has 0 aromatic heterocycles. The van der Waals surface area contributed by atoms with Crippen LogP contribution in [-0.4, -0.2) is 29.6 Å². The molecular formula is C17H25NO4. The van der Waals surface area contributed by atoms with Crippen molar-refractivity contribution < 1.29 is 19.4 Å². The zero-order valence-electron chi connectivity index (χ0n) is 13.4. The van der Waals surface area contributed by atoms with Crippen LogP contribution in [0.15, 0.2) is 30.3 Å². The third-order valence-corrected chi connectivity index (χ3v) is 3.33. The number of ether oxygens (including phenoxy) is 1. The summed E-state index contributed by atoms with van der Waals surface area (Å²) in [6, 6.07) is 8.56. The highest BCUT2D eigenvalue weighted by Crippen LogP contribution is 2.11. The fraction of sp³-hybridized carbons (Fsp3) is 0.529. The minimum Gasteiger partial charge on any atom is -0.494 e. The smallest absolute Gasteiger partial charge is 0.326 e. The Morgan fingerprint density at radius 1 is 1.18 bits per heavy atom. The van der Waals surface area contributed by atoms with Crippen molar-refractivity contribution in [1.82, 2.24) is 5.32 Å². The lowest BCUT2D eigenvalue weighted by molar-refractivity contribution is -0.142. The minimum absolute atomic E-state index is 0.207. The number of rotatable bonds is 9. The van der Waals surface area contributed by atoms with E-state index in [9.17, 15) is 9.59 Å². The maximum atomic E-state index is 12.1. The standard InChI is InChI=1S/C17H25NO4/c1-12(2)11-15(17(20)21)18-16(19)13(3)9-10-22-14-7-5-4-6-8-14/h4-8,12-13,15H,9-11H2,1-3H3,(H,18,19)(H,20,21)/t13?,15-/m0/s1. The molecule has 2 atom stereocenters. The van der Waals surface area contributed by atoms with Crippen molar-refractivity contribution in [3.8, 4) is 5.75 Å². The van der Waals surface area contributed by atoms with Gasteiger partial charge in [0.1, 0.15) is 11.8 Å². The fourth-order valence-corrected chi connectivity index (χ4v) is 2.01. The Hall–Kier alpha value is -2.04. The molecule has 22 heavy (non-hydrogen) atoms. The highest BCUT2D eigenvalue weighted by atomic mass is 16.5. The number of carbonyl (C=O) groups is 2. The summed E-state index contributed by atoms with van der Waals surface area (Å²) in [6.45, 7) is 6.05. The summed E-state index contributed by atoms with van der Waals surface area (Å²) in [6.07, 6.45) is 0.961. The third-order valence-electron chi connectivity index (χ3n) is 3.33. The summed E-state index contributed by atoms with van der Waals surface area (Å²) in [5.74, 6) is -0.561. The first kappa shape index (κ1) is 18.0. The molecule has 5 nitrogen and oxygen atoms in total. The second kappa shape index (κ2) is 9.07. The number of nitrogens with one attached hydrogen (secondary N) is 1. The number of amides is 1. The first-order valence-electron chi connectivity index (χ1n) is 7.61. The van der Waals surface area contributed by atoms with E-state index in [4.69, 9.17) is 9.84 Å². The average molecular weight is 307 g/mol. The van der Waals surface area contributed by atoms with Gasteiger partial charge in [-0.25, -0.2) is 4.79 Å². The summed E-state index contributed by atoms with van der Waals surface area (Å²) in [5.41, 5.74) is 0. The van der Waals surface area contributed by atoms with Crippen LogP contribution in [0.4, 0.5) is 0 Å². The molecule has 0 heterocycles. The Morgan fingerprint density at radius 3 is 2.36 bits per heavy atom. The first-order chi connectivity index (χ1) is 10.4. The first-order valence-corrected chi connectivity index (χ1v) is 7.61. The predicted octanol–water partition coefficient (Wildman–Crippen LogP) is 2.71. The van der Waals surface area contributed by atoms with Gasteiger partial charge in [0.15, 0.2) is 0 Å². The largest absolute Gasteiger partial charge is 0.494 e. The van der Waals surface area contributed by atoms with Crippen molar-refractivity contribution in [3.63, 3.8) is 0 Å². The van der Waals surface area contributed by atoms with Crippen LogP contribution in [0, 0.1) is 11.8 Å². The van der Waals surface area contributed by atoms with Gasteiger partial charge in [-0.05, 0) is 30.9 Å². The average Bonchev–Trinajstić information content (AvgIpc) is 2.46. The highest BCUT2D eigenvalue weighted by molar-refractivity contribution is 5.84. The van der Waals surface area contributed by atoms with Gasteiger partial charge in [-0.3, -0.25) is 4.79 Å². The van der Waals surface area contributed by atoms with Crippen molar-refractivity contribution in [1.29, 1.82) is 0 Å². The van der Waals surface area contributed by atoms with E-state index < -0.39 is 12.0 Å². The summed E-state index contributed by atoms with van der Waals surface area (Å²) in [5, 5.41) is 11.7. The van der Waals surface area contributed by atoms with E-state index in [1.54, 1.807) is 6.92 Å². The van der Waals surface area contributed by atoms with Crippen molar-refractivity contribution in [3.05, 3.63) is 30.3 Å². The molecule has 1 aromatic carbocycles. The lowest BCUT2D eigenvalue weighted by atomic mass is 10.0. The number of para-hydroxylation sites is 1. The maximum Gasteiger partial charge on any atom is 0.326 e. The van der Waals surface area contributed by atoms with Crippen LogP contribution < -0.4 is 10.1 Å². The number of carboxylic acids is 1. The number of carboxylic acid groups (broad SMARTS) is 1. The topological polar surface area (TPSA) is 75.6 Å². The Labute approximate surface area is 131 Å². The lowest BCUT2D eigenvalue weighted by Crippen LogP contribution is -2.44. The minimum atomic E-state index is -0.991. The Morgan fingerprint density at radius 2 is 1.82 bits per heavy atom. The molecule has 0 aliphatic carbocycles. The van der Waals surface area contributed by atoms with E-state index in [0.29, 0.717) is 19.4 Å². The van der Waals surface area contributed by atoms with Gasteiger partial charge in [0.05, 0.1) is 6.61 Å². The van der Waals surface area contributed by atoms with Crippen LogP contribution in [0.3, 0.4) is 0 Å². The predicted molar refractivity (Wildman–Crippen MR) is 84.7 cm³/mol. The SMILES string of the molecule is CC(C)C[C@H](NC(=O)C(C)CCOc1ccccc1)C(=O)O. The molecule has 0 bridgehead atoms. The molecule has 0 saturated heterocycles. The maximum absolute atomic E-state index is 12.1. The monoisotopic (exact) mass is 307 g/mol. The highest BCUT2D eigenvalue weighted by Gasteiger charge is 2.23. The third kappa shape index (κ3) is 6.61. The van der Waals surface area contributed by atoms with Crippen LogP contribution in [0.1, 0.15) is 33.6 Å². The van der Waals surface area contributed by atoms with E-state index in [1.165, 1.54) is 0 Å². The summed E-state index contributed by atoms with van der Waals surface area (Å²) >= 11 is 0. The van der Waals surface area contributed by atoms with Gasteiger partial charge in [0.2, 0.25) is 5.91 Å². The fourth-order valence-electron chi connectivity index (χ4n) is 2.01. The number of aliphatic carboxylic acids is 1.